The Morgan fingerprint density at radius 1 is 1.18 bits per heavy atom. The van der Waals surface area contributed by atoms with Gasteiger partial charge in [-0.15, -0.1) is 0 Å². The Labute approximate surface area is 170 Å². The topological polar surface area (TPSA) is 67.9 Å². The molecule has 1 N–H and O–H groups in total. The van der Waals surface area contributed by atoms with Gasteiger partial charge in [0.1, 0.15) is 11.5 Å². The maximum atomic E-state index is 12.5. The Morgan fingerprint density at radius 3 is 2.61 bits per heavy atom. The van der Waals surface area contributed by atoms with Crippen LogP contribution in [0.1, 0.15) is 18.9 Å². The largest absolute Gasteiger partial charge is 0.495 e. The average Bonchev–Trinajstić information content (AvgIpc) is 2.68. The number of nitrogens with zero attached hydrogens (tertiary/aromatic N) is 1. The highest BCUT2D eigenvalue weighted by Gasteiger charge is 2.18. The van der Waals surface area contributed by atoms with Crippen LogP contribution in [0.5, 0.6) is 11.5 Å². The first-order chi connectivity index (χ1) is 13.4. The van der Waals surface area contributed by atoms with Gasteiger partial charge in [-0.25, -0.2) is 0 Å². The van der Waals surface area contributed by atoms with Crippen molar-refractivity contribution in [1.29, 1.82) is 0 Å². The van der Waals surface area contributed by atoms with Crippen LogP contribution < -0.4 is 14.8 Å². The van der Waals surface area contributed by atoms with Crippen molar-refractivity contribution >= 4 is 29.1 Å². The summed E-state index contributed by atoms with van der Waals surface area (Å²) >= 11 is 6.00. The smallest absolute Gasteiger partial charge is 0.260 e. The van der Waals surface area contributed by atoms with E-state index in [1.165, 1.54) is 12.0 Å². The Bertz CT molecular complexity index is 826. The third kappa shape index (κ3) is 6.16. The molecule has 2 aromatic rings. The average molecular weight is 405 g/mol. The molecule has 2 aromatic carbocycles. The van der Waals surface area contributed by atoms with Crippen molar-refractivity contribution in [2.75, 3.05) is 32.1 Å². The van der Waals surface area contributed by atoms with Crippen molar-refractivity contribution in [1.82, 2.24) is 4.90 Å². The van der Waals surface area contributed by atoms with Crippen LogP contribution in [0.25, 0.3) is 0 Å². The Balaban J connectivity index is 1.96. The molecule has 6 nitrogen and oxygen atoms in total. The summed E-state index contributed by atoms with van der Waals surface area (Å²) in [6, 6.07) is 12.3. The number of methoxy groups -OCH3 is 1. The second kappa shape index (κ2) is 10.6. The lowest BCUT2D eigenvalue weighted by atomic mass is 10.2. The summed E-state index contributed by atoms with van der Waals surface area (Å²) in [6.07, 6.45) is 0.730. The molecule has 0 unspecified atom stereocenters. The van der Waals surface area contributed by atoms with Gasteiger partial charge in [0.15, 0.2) is 6.61 Å². The lowest BCUT2D eigenvalue weighted by Crippen LogP contribution is -2.41. The highest BCUT2D eigenvalue weighted by atomic mass is 35.5. The molecular weight excluding hydrogens is 380 g/mol. The first-order valence-corrected chi connectivity index (χ1v) is 9.42. The number of para-hydroxylation sites is 2. The lowest BCUT2D eigenvalue weighted by Gasteiger charge is -2.22. The Hall–Kier alpha value is -2.73. The normalized spacial score (nSPS) is 10.3. The Morgan fingerprint density at radius 2 is 1.93 bits per heavy atom. The van der Waals surface area contributed by atoms with E-state index in [-0.39, 0.29) is 25.0 Å². The number of carbonyl (C=O) groups excluding carboxylic acids is 2. The molecule has 0 heterocycles. The molecule has 2 amide bonds. The molecule has 0 radical (unpaired) electrons. The zero-order chi connectivity index (χ0) is 20.5. The molecule has 0 saturated carbocycles. The lowest BCUT2D eigenvalue weighted by molar-refractivity contribution is -0.136. The third-order valence-corrected chi connectivity index (χ3v) is 4.48. The van der Waals surface area contributed by atoms with Gasteiger partial charge in [0.2, 0.25) is 5.91 Å². The number of anilines is 1. The zero-order valence-electron chi connectivity index (χ0n) is 16.3. The number of benzene rings is 2. The summed E-state index contributed by atoms with van der Waals surface area (Å²) in [7, 11) is 1.54. The maximum absolute atomic E-state index is 12.5. The van der Waals surface area contributed by atoms with Crippen LogP contribution in [0.4, 0.5) is 5.69 Å². The summed E-state index contributed by atoms with van der Waals surface area (Å²) in [5, 5.41) is 3.42. The Kier molecular flexibility index (Phi) is 8.14. The fourth-order valence-electron chi connectivity index (χ4n) is 2.62. The number of ether oxygens (including phenoxy) is 2. The van der Waals surface area contributed by atoms with E-state index in [4.69, 9.17) is 21.1 Å². The van der Waals surface area contributed by atoms with Crippen LogP contribution in [0.2, 0.25) is 5.02 Å². The zero-order valence-corrected chi connectivity index (χ0v) is 17.1. The van der Waals surface area contributed by atoms with E-state index in [1.54, 1.807) is 36.4 Å². The molecule has 0 fully saturated rings. The highest BCUT2D eigenvalue weighted by molar-refractivity contribution is 6.31. The fraction of sp³-hybridized carbons (Fsp3) is 0.333. The van der Waals surface area contributed by atoms with Crippen molar-refractivity contribution < 1.29 is 19.1 Å². The minimum atomic E-state index is -0.298. The van der Waals surface area contributed by atoms with E-state index in [1.807, 2.05) is 19.9 Å². The molecular formula is C21H25ClN2O4. The fourth-order valence-corrected chi connectivity index (χ4v) is 2.73. The monoisotopic (exact) mass is 404 g/mol. The number of aryl methyl sites for hydroxylation is 1. The predicted octanol–water partition coefficient (Wildman–Crippen LogP) is 3.91. The first kappa shape index (κ1) is 21.6. The van der Waals surface area contributed by atoms with Gasteiger partial charge >= 0.3 is 0 Å². The number of amides is 2. The predicted molar refractivity (Wildman–Crippen MR) is 110 cm³/mol. The van der Waals surface area contributed by atoms with Crippen LogP contribution in [-0.4, -0.2) is 43.5 Å². The van der Waals surface area contributed by atoms with Gasteiger partial charge in [-0.1, -0.05) is 30.7 Å². The summed E-state index contributed by atoms with van der Waals surface area (Å²) in [4.78, 5) is 26.4. The molecule has 0 spiro atoms. The SMILES string of the molecule is CCCN(CC(=O)Nc1ccccc1OC)C(=O)COc1ccc(Cl)c(C)c1. The number of carbonyl (C=O) groups is 2. The van der Waals surface area contributed by atoms with Gasteiger partial charge in [0.05, 0.1) is 19.3 Å². The summed E-state index contributed by atoms with van der Waals surface area (Å²) in [5.74, 6) is 0.564. The molecule has 2 rings (SSSR count). The molecule has 0 aliphatic rings. The van der Waals surface area contributed by atoms with Crippen LogP contribution in [0.3, 0.4) is 0 Å². The van der Waals surface area contributed by atoms with Crippen molar-refractivity contribution in [3.8, 4) is 11.5 Å². The minimum Gasteiger partial charge on any atom is -0.495 e. The van der Waals surface area contributed by atoms with Crippen LogP contribution >= 0.6 is 11.6 Å². The quantitative estimate of drug-likeness (QED) is 0.688. The molecule has 150 valence electrons. The van der Waals surface area contributed by atoms with Crippen LogP contribution in [0, 0.1) is 6.92 Å². The van der Waals surface area contributed by atoms with Gasteiger partial charge in [-0.3, -0.25) is 9.59 Å². The summed E-state index contributed by atoms with van der Waals surface area (Å²) in [6.45, 7) is 4.06. The van der Waals surface area contributed by atoms with Crippen molar-refractivity contribution in [2.24, 2.45) is 0 Å². The second-order valence-electron chi connectivity index (χ2n) is 6.26. The molecule has 0 atom stereocenters. The van der Waals surface area contributed by atoms with E-state index < -0.39 is 0 Å². The molecule has 0 aromatic heterocycles. The highest BCUT2D eigenvalue weighted by Crippen LogP contribution is 2.23. The third-order valence-electron chi connectivity index (χ3n) is 4.05. The number of halogens is 1. The molecule has 0 saturated heterocycles. The summed E-state index contributed by atoms with van der Waals surface area (Å²) < 4.78 is 10.8. The number of nitrogens with one attached hydrogen (secondary N) is 1. The van der Waals surface area contributed by atoms with Gasteiger partial charge in [-0.05, 0) is 49.2 Å². The minimum absolute atomic E-state index is 0.0618. The molecule has 0 aliphatic carbocycles. The van der Waals surface area contributed by atoms with Gasteiger partial charge < -0.3 is 19.7 Å². The number of hydrogen-bond acceptors (Lipinski definition) is 4. The van der Waals surface area contributed by atoms with E-state index in [9.17, 15) is 9.59 Å². The number of hydrogen-bond donors (Lipinski definition) is 1. The second-order valence-corrected chi connectivity index (χ2v) is 6.67. The molecule has 7 heteroatoms. The van der Waals surface area contributed by atoms with Gasteiger partial charge in [0.25, 0.3) is 5.91 Å². The molecule has 0 bridgehead atoms. The van der Waals surface area contributed by atoms with E-state index in [0.29, 0.717) is 28.8 Å². The standard InChI is InChI=1S/C21H25ClN2O4/c1-4-11-24(13-20(25)23-18-7-5-6-8-19(18)27-3)21(26)14-28-16-9-10-17(22)15(2)12-16/h5-10,12H,4,11,13-14H2,1-3H3,(H,23,25). The van der Waals surface area contributed by atoms with Crippen molar-refractivity contribution in [2.45, 2.75) is 20.3 Å². The van der Waals surface area contributed by atoms with E-state index in [2.05, 4.69) is 5.32 Å². The van der Waals surface area contributed by atoms with Crippen LogP contribution in [0.15, 0.2) is 42.5 Å². The summed E-state index contributed by atoms with van der Waals surface area (Å²) in [5.41, 5.74) is 1.43. The first-order valence-electron chi connectivity index (χ1n) is 9.04. The van der Waals surface area contributed by atoms with Gasteiger partial charge in [-0.2, -0.15) is 0 Å². The molecule has 0 aliphatic heterocycles. The van der Waals surface area contributed by atoms with Gasteiger partial charge in [0, 0.05) is 11.6 Å². The maximum Gasteiger partial charge on any atom is 0.260 e. The molecule has 28 heavy (non-hydrogen) atoms. The van der Waals surface area contributed by atoms with E-state index in [0.717, 1.165) is 12.0 Å². The number of rotatable bonds is 9. The van der Waals surface area contributed by atoms with Crippen LogP contribution in [-0.2, 0) is 9.59 Å². The van der Waals surface area contributed by atoms with Crippen molar-refractivity contribution in [3.63, 3.8) is 0 Å². The van der Waals surface area contributed by atoms with Crippen molar-refractivity contribution in [3.05, 3.63) is 53.1 Å². The van der Waals surface area contributed by atoms with E-state index >= 15 is 0 Å².